The number of carbonyl (C=O) groups is 1. The van der Waals surface area contributed by atoms with Crippen LogP contribution in [0.2, 0.25) is 0 Å². The van der Waals surface area contributed by atoms with Crippen molar-refractivity contribution in [2.45, 2.75) is 38.3 Å². The second-order valence-corrected chi connectivity index (χ2v) is 8.24. The highest BCUT2D eigenvalue weighted by molar-refractivity contribution is 5.95. The number of aryl methyl sites for hydroxylation is 1. The topological polar surface area (TPSA) is 75.4 Å². The number of pyridine rings is 2. The predicted molar refractivity (Wildman–Crippen MR) is 119 cm³/mol. The molecule has 1 fully saturated rings. The van der Waals surface area contributed by atoms with Gasteiger partial charge in [-0.05, 0) is 49.9 Å². The maximum Gasteiger partial charge on any atom is 0.264 e. The van der Waals surface area contributed by atoms with Crippen LogP contribution in [0, 0.1) is 6.92 Å². The molecule has 6 nitrogen and oxygen atoms in total. The molecule has 0 saturated carbocycles. The van der Waals surface area contributed by atoms with Crippen LogP contribution in [0.25, 0.3) is 0 Å². The number of carbonyl (C=O) groups excluding carboxylic acids is 1. The number of hydrogen-bond acceptors (Lipinski definition) is 4. The van der Waals surface area contributed by atoms with Crippen molar-refractivity contribution in [1.29, 1.82) is 0 Å². The summed E-state index contributed by atoms with van der Waals surface area (Å²) in [6, 6.07) is 15.1. The smallest absolute Gasteiger partial charge is 0.264 e. The van der Waals surface area contributed by atoms with E-state index in [9.17, 15) is 14.7 Å². The Balaban J connectivity index is 1.58. The zero-order valence-electron chi connectivity index (χ0n) is 17.9. The van der Waals surface area contributed by atoms with Gasteiger partial charge in [0.05, 0.1) is 11.6 Å². The normalized spacial score (nSPS) is 16.7. The van der Waals surface area contributed by atoms with Crippen molar-refractivity contribution in [3.05, 3.63) is 99.7 Å². The SMILES string of the molecule is Cc1ccn(C(C)c2ccccc2)c(=O)c1C(=O)N1CCC(O)(c2cccnc2)CC1. The molecular formula is C25H27N3O3. The maximum absolute atomic E-state index is 13.3. The van der Waals surface area contributed by atoms with Gasteiger partial charge in [-0.15, -0.1) is 0 Å². The molecule has 160 valence electrons. The Morgan fingerprint density at radius 2 is 1.81 bits per heavy atom. The van der Waals surface area contributed by atoms with Crippen LogP contribution in [-0.4, -0.2) is 38.6 Å². The first kappa shape index (κ1) is 21.0. The Bertz CT molecular complexity index is 1120. The Hall–Kier alpha value is -3.25. The number of aliphatic hydroxyl groups is 1. The molecule has 0 aliphatic carbocycles. The first-order chi connectivity index (χ1) is 14.9. The van der Waals surface area contributed by atoms with E-state index in [-0.39, 0.29) is 23.1 Å². The van der Waals surface area contributed by atoms with Gasteiger partial charge in [0.15, 0.2) is 0 Å². The average Bonchev–Trinajstić information content (AvgIpc) is 2.80. The van der Waals surface area contributed by atoms with E-state index in [0.717, 1.165) is 11.1 Å². The predicted octanol–water partition coefficient (Wildman–Crippen LogP) is 3.28. The molecule has 1 unspecified atom stereocenters. The molecule has 2 aromatic heterocycles. The molecule has 1 aromatic carbocycles. The van der Waals surface area contributed by atoms with Crippen LogP contribution in [0.15, 0.2) is 71.9 Å². The lowest BCUT2D eigenvalue weighted by atomic mass is 9.85. The molecule has 0 bridgehead atoms. The summed E-state index contributed by atoms with van der Waals surface area (Å²) in [6.07, 6.45) is 5.91. The van der Waals surface area contributed by atoms with E-state index >= 15 is 0 Å². The number of hydrogen-bond donors (Lipinski definition) is 1. The van der Waals surface area contributed by atoms with Crippen molar-refractivity contribution in [2.24, 2.45) is 0 Å². The van der Waals surface area contributed by atoms with Crippen molar-refractivity contribution < 1.29 is 9.90 Å². The molecule has 1 aliphatic rings. The summed E-state index contributed by atoms with van der Waals surface area (Å²) < 4.78 is 1.62. The van der Waals surface area contributed by atoms with E-state index in [1.807, 2.05) is 49.4 Å². The van der Waals surface area contributed by atoms with Crippen LogP contribution in [0.5, 0.6) is 0 Å². The monoisotopic (exact) mass is 417 g/mol. The number of piperidine rings is 1. The zero-order valence-corrected chi connectivity index (χ0v) is 17.9. The zero-order chi connectivity index (χ0) is 22.0. The number of rotatable bonds is 4. The molecular weight excluding hydrogens is 390 g/mol. The molecule has 0 spiro atoms. The minimum absolute atomic E-state index is 0.183. The fraction of sp³-hybridized carbons (Fsp3) is 0.320. The highest BCUT2D eigenvalue weighted by atomic mass is 16.3. The maximum atomic E-state index is 13.3. The molecule has 4 rings (SSSR count). The first-order valence-electron chi connectivity index (χ1n) is 10.6. The van der Waals surface area contributed by atoms with Crippen molar-refractivity contribution >= 4 is 5.91 Å². The summed E-state index contributed by atoms with van der Waals surface area (Å²) in [5, 5.41) is 11.0. The van der Waals surface area contributed by atoms with Crippen LogP contribution in [0.4, 0.5) is 0 Å². The summed E-state index contributed by atoms with van der Waals surface area (Å²) in [5.74, 6) is -0.273. The Kier molecular flexibility index (Phi) is 5.74. The summed E-state index contributed by atoms with van der Waals surface area (Å²) in [7, 11) is 0. The number of benzene rings is 1. The molecule has 31 heavy (non-hydrogen) atoms. The van der Waals surface area contributed by atoms with Gasteiger partial charge >= 0.3 is 0 Å². The van der Waals surface area contributed by atoms with Crippen LogP contribution >= 0.6 is 0 Å². The lowest BCUT2D eigenvalue weighted by Gasteiger charge is -2.38. The van der Waals surface area contributed by atoms with E-state index in [2.05, 4.69) is 4.98 Å². The van der Waals surface area contributed by atoms with Gasteiger partial charge in [-0.25, -0.2) is 0 Å². The van der Waals surface area contributed by atoms with Crippen LogP contribution in [-0.2, 0) is 5.60 Å². The largest absolute Gasteiger partial charge is 0.385 e. The van der Waals surface area contributed by atoms with Gasteiger partial charge in [0.1, 0.15) is 5.56 Å². The van der Waals surface area contributed by atoms with Gasteiger partial charge in [0.2, 0.25) is 0 Å². The summed E-state index contributed by atoms with van der Waals surface area (Å²) in [6.45, 7) is 4.51. The fourth-order valence-electron chi connectivity index (χ4n) is 4.26. The summed E-state index contributed by atoms with van der Waals surface area (Å²) >= 11 is 0. The molecule has 3 aromatic rings. The van der Waals surface area contributed by atoms with Crippen LogP contribution in [0.1, 0.15) is 52.9 Å². The molecule has 1 atom stereocenters. The second kappa shape index (κ2) is 8.47. The van der Waals surface area contributed by atoms with Gasteiger partial charge in [0.25, 0.3) is 11.5 Å². The first-order valence-corrected chi connectivity index (χ1v) is 10.6. The summed E-state index contributed by atoms with van der Waals surface area (Å²) in [5.41, 5.74) is 1.35. The number of likely N-dealkylation sites (tertiary alicyclic amines) is 1. The summed E-state index contributed by atoms with van der Waals surface area (Å²) in [4.78, 5) is 32.4. The van der Waals surface area contributed by atoms with Crippen LogP contribution < -0.4 is 5.56 Å². The van der Waals surface area contributed by atoms with E-state index in [1.54, 1.807) is 41.0 Å². The molecule has 1 saturated heterocycles. The average molecular weight is 418 g/mol. The molecule has 3 heterocycles. The Morgan fingerprint density at radius 1 is 1.10 bits per heavy atom. The lowest BCUT2D eigenvalue weighted by Crippen LogP contribution is -2.47. The minimum atomic E-state index is -1.00. The van der Waals surface area contributed by atoms with Crippen molar-refractivity contribution in [3.8, 4) is 0 Å². The minimum Gasteiger partial charge on any atom is -0.385 e. The van der Waals surface area contributed by atoms with Gasteiger partial charge in [0, 0.05) is 37.2 Å². The standard InChI is InChI=1S/C25H27N3O3/c1-18-10-14-28(19(2)20-7-4-3-5-8-20)24(30)22(18)23(29)27-15-11-25(31,12-16-27)21-9-6-13-26-17-21/h3-10,13-14,17,19,31H,11-12,15-16H2,1-2H3. The third-order valence-electron chi connectivity index (χ3n) is 6.32. The Labute approximate surface area is 181 Å². The Morgan fingerprint density at radius 3 is 2.45 bits per heavy atom. The fourth-order valence-corrected chi connectivity index (χ4v) is 4.26. The van der Waals surface area contributed by atoms with E-state index in [4.69, 9.17) is 0 Å². The van der Waals surface area contributed by atoms with Crippen molar-refractivity contribution in [2.75, 3.05) is 13.1 Å². The van der Waals surface area contributed by atoms with E-state index in [0.29, 0.717) is 31.5 Å². The van der Waals surface area contributed by atoms with Crippen molar-refractivity contribution in [1.82, 2.24) is 14.5 Å². The quantitative estimate of drug-likeness (QED) is 0.707. The number of nitrogens with zero attached hydrogens (tertiary/aromatic N) is 3. The van der Waals surface area contributed by atoms with Gasteiger partial charge in [-0.2, -0.15) is 0 Å². The molecule has 6 heteroatoms. The lowest BCUT2D eigenvalue weighted by molar-refractivity contribution is -0.0214. The molecule has 1 N–H and O–H groups in total. The van der Waals surface area contributed by atoms with Crippen LogP contribution in [0.3, 0.4) is 0 Å². The second-order valence-electron chi connectivity index (χ2n) is 8.24. The number of aromatic nitrogens is 2. The van der Waals surface area contributed by atoms with Gasteiger partial charge in [-0.1, -0.05) is 36.4 Å². The van der Waals surface area contributed by atoms with E-state index in [1.165, 1.54) is 0 Å². The molecule has 1 aliphatic heterocycles. The third-order valence-corrected chi connectivity index (χ3v) is 6.32. The highest BCUT2D eigenvalue weighted by Gasteiger charge is 2.36. The van der Waals surface area contributed by atoms with Gasteiger partial charge < -0.3 is 14.6 Å². The third kappa shape index (κ3) is 4.03. The highest BCUT2D eigenvalue weighted by Crippen LogP contribution is 2.32. The van der Waals surface area contributed by atoms with Crippen molar-refractivity contribution in [3.63, 3.8) is 0 Å². The number of amides is 1. The van der Waals surface area contributed by atoms with E-state index < -0.39 is 5.60 Å². The van der Waals surface area contributed by atoms with Gasteiger partial charge in [-0.3, -0.25) is 14.6 Å². The molecule has 1 amide bonds. The molecule has 0 radical (unpaired) electrons.